The first-order chi connectivity index (χ1) is 16.2. The van der Waals surface area contributed by atoms with Crippen LogP contribution in [0.3, 0.4) is 0 Å². The Bertz CT molecular complexity index is 1280. The first-order valence-electron chi connectivity index (χ1n) is 11.3. The zero-order valence-electron chi connectivity index (χ0n) is 19.9. The molecular weight excluding hydrogens is 586 g/mol. The summed E-state index contributed by atoms with van der Waals surface area (Å²) in [4.78, 5) is 18.1. The van der Waals surface area contributed by atoms with Crippen molar-refractivity contribution < 1.29 is 9.47 Å². The van der Waals surface area contributed by atoms with Gasteiger partial charge in [-0.3, -0.25) is 4.79 Å². The summed E-state index contributed by atoms with van der Waals surface area (Å²) in [6.45, 7) is 10.4. The van der Waals surface area contributed by atoms with Crippen LogP contribution in [-0.4, -0.2) is 28.6 Å². The third-order valence-corrected chi connectivity index (χ3v) is 7.48. The Morgan fingerprint density at radius 3 is 2.56 bits per heavy atom. The molecule has 0 aliphatic carbocycles. The lowest BCUT2D eigenvalue weighted by Gasteiger charge is -2.19. The zero-order valence-corrected chi connectivity index (χ0v) is 23.8. The lowest BCUT2D eigenvalue weighted by Crippen LogP contribution is -2.23. The molecule has 34 heavy (non-hydrogen) atoms. The van der Waals surface area contributed by atoms with Crippen LogP contribution in [-0.2, 0) is 0 Å². The Labute approximate surface area is 221 Å². The first-order valence-corrected chi connectivity index (χ1v) is 13.3. The van der Waals surface area contributed by atoms with Crippen LogP contribution in [0.1, 0.15) is 64.8 Å². The molecular formula is C25H28Br2ClN3O3. The molecule has 0 fully saturated rings. The van der Waals surface area contributed by atoms with E-state index >= 15 is 0 Å². The highest BCUT2D eigenvalue weighted by Crippen LogP contribution is 2.43. The van der Waals surface area contributed by atoms with Gasteiger partial charge in [-0.2, -0.15) is 9.78 Å². The molecule has 1 aromatic heterocycles. The number of rotatable bonds is 9. The number of benzene rings is 2. The molecule has 2 atom stereocenters. The van der Waals surface area contributed by atoms with Crippen LogP contribution in [0.2, 0.25) is 5.02 Å². The van der Waals surface area contributed by atoms with E-state index in [0.717, 1.165) is 17.3 Å². The minimum atomic E-state index is -0.234. The van der Waals surface area contributed by atoms with Crippen molar-refractivity contribution in [1.82, 2.24) is 9.66 Å². The maximum atomic E-state index is 13.4. The summed E-state index contributed by atoms with van der Waals surface area (Å²) >= 11 is 13.7. The van der Waals surface area contributed by atoms with Crippen molar-refractivity contribution in [1.29, 1.82) is 0 Å². The lowest BCUT2D eigenvalue weighted by molar-refractivity contribution is 0.203. The van der Waals surface area contributed by atoms with Gasteiger partial charge >= 0.3 is 0 Å². The fourth-order valence-corrected chi connectivity index (χ4v) is 4.26. The van der Waals surface area contributed by atoms with E-state index in [4.69, 9.17) is 26.1 Å². The predicted molar refractivity (Wildman–Crippen MR) is 146 cm³/mol. The van der Waals surface area contributed by atoms with Crippen molar-refractivity contribution in [2.45, 2.75) is 59.5 Å². The largest absolute Gasteiger partial charge is 0.490 e. The van der Waals surface area contributed by atoms with Crippen LogP contribution < -0.4 is 15.0 Å². The third kappa shape index (κ3) is 5.66. The van der Waals surface area contributed by atoms with Crippen LogP contribution >= 0.6 is 43.5 Å². The molecule has 0 amide bonds. The molecule has 0 saturated carbocycles. The molecule has 0 bridgehead atoms. The van der Waals surface area contributed by atoms with Gasteiger partial charge in [0.05, 0.1) is 29.8 Å². The average Bonchev–Trinajstić information content (AvgIpc) is 2.83. The Morgan fingerprint density at radius 1 is 1.18 bits per heavy atom. The molecule has 182 valence electrons. The van der Waals surface area contributed by atoms with Crippen LogP contribution in [0.15, 0.2) is 43.1 Å². The normalized spacial score (nSPS) is 13.4. The van der Waals surface area contributed by atoms with Gasteiger partial charge in [-0.25, -0.2) is 4.98 Å². The molecule has 1 heterocycles. The number of fused-ring (bicyclic) bond motifs is 1. The van der Waals surface area contributed by atoms with E-state index in [9.17, 15) is 4.79 Å². The topological polar surface area (TPSA) is 65.7 Å². The highest BCUT2D eigenvalue weighted by molar-refractivity contribution is 9.10. The van der Waals surface area contributed by atoms with E-state index in [-0.39, 0.29) is 17.6 Å². The predicted octanol–water partition coefficient (Wildman–Crippen LogP) is 7.55. The van der Waals surface area contributed by atoms with Gasteiger partial charge in [-0.15, -0.1) is 0 Å². The number of aromatic nitrogens is 2. The van der Waals surface area contributed by atoms with Gasteiger partial charge in [-0.1, -0.05) is 48.3 Å². The van der Waals surface area contributed by atoms with Gasteiger partial charge in [-0.05, 0) is 66.9 Å². The molecule has 0 N–H and O–H groups in total. The highest BCUT2D eigenvalue weighted by Gasteiger charge is 2.20. The minimum absolute atomic E-state index is 0.0252. The average molecular weight is 614 g/mol. The van der Waals surface area contributed by atoms with Crippen LogP contribution in [0.5, 0.6) is 11.5 Å². The fourth-order valence-electron chi connectivity index (χ4n) is 3.25. The Balaban J connectivity index is 2.17. The van der Waals surface area contributed by atoms with Gasteiger partial charge in [0.1, 0.15) is 10.8 Å². The summed E-state index contributed by atoms with van der Waals surface area (Å²) in [6, 6.07) is 7.28. The molecule has 0 spiro atoms. The zero-order chi connectivity index (χ0) is 25.0. The van der Waals surface area contributed by atoms with Gasteiger partial charge in [0.15, 0.2) is 11.5 Å². The van der Waals surface area contributed by atoms with Gasteiger partial charge < -0.3 is 9.47 Å². The fraction of sp³-hybridized carbons (Fsp3) is 0.400. The minimum Gasteiger partial charge on any atom is -0.490 e. The van der Waals surface area contributed by atoms with E-state index in [1.165, 1.54) is 4.68 Å². The lowest BCUT2D eigenvalue weighted by atomic mass is 10.1. The maximum absolute atomic E-state index is 13.4. The second-order valence-electron chi connectivity index (χ2n) is 7.99. The molecule has 3 rings (SSSR count). The smallest absolute Gasteiger partial charge is 0.282 e. The summed E-state index contributed by atoms with van der Waals surface area (Å²) in [7, 11) is 0. The quantitative estimate of drug-likeness (QED) is 0.234. The Kier molecular flexibility index (Phi) is 9.18. The molecule has 2 aromatic carbocycles. The Hall–Kier alpha value is -1.90. The molecule has 0 unspecified atom stereocenters. The van der Waals surface area contributed by atoms with E-state index < -0.39 is 0 Å². The number of nitrogens with zero attached hydrogens (tertiary/aromatic N) is 3. The second kappa shape index (κ2) is 11.7. The SMILES string of the molecule is CCOc1cc(C=Nn2c([C@H](C)CC)nc3ccc(Br)cc3c2=O)c(Br)c(Cl)c1O[C@@H](C)CC. The second-order valence-corrected chi connectivity index (χ2v) is 10.1. The van der Waals surface area contributed by atoms with Crippen molar-refractivity contribution in [3.05, 3.63) is 60.0 Å². The molecule has 0 aliphatic heterocycles. The van der Waals surface area contributed by atoms with Crippen LogP contribution in [0, 0.1) is 0 Å². The van der Waals surface area contributed by atoms with E-state index in [1.807, 2.05) is 39.8 Å². The number of hydrogen-bond acceptors (Lipinski definition) is 5. The number of ether oxygens (including phenoxy) is 2. The van der Waals surface area contributed by atoms with Crippen molar-refractivity contribution in [2.75, 3.05) is 6.61 Å². The van der Waals surface area contributed by atoms with Crippen molar-refractivity contribution in [2.24, 2.45) is 5.10 Å². The summed E-state index contributed by atoms with van der Waals surface area (Å²) < 4.78 is 14.6. The standard InChI is InChI=1S/C25H28Br2ClN3O3/c1-6-14(4)24-30-19-10-9-17(26)12-18(19)25(32)31(24)29-13-16-11-20(33-8-3)23(22(28)21(16)27)34-15(5)7-2/h9-15H,6-8H2,1-5H3/t14-,15+/m1/s1. The maximum Gasteiger partial charge on any atom is 0.282 e. The van der Waals surface area contributed by atoms with Crippen LogP contribution in [0.25, 0.3) is 10.9 Å². The van der Waals surface area contributed by atoms with E-state index in [2.05, 4.69) is 43.9 Å². The molecule has 0 aliphatic rings. The molecule has 9 heteroatoms. The summed E-state index contributed by atoms with van der Waals surface area (Å²) in [5.74, 6) is 1.64. The summed E-state index contributed by atoms with van der Waals surface area (Å²) in [6.07, 6.45) is 3.21. The monoisotopic (exact) mass is 611 g/mol. The van der Waals surface area contributed by atoms with Gasteiger partial charge in [0.2, 0.25) is 0 Å². The Morgan fingerprint density at radius 2 is 1.91 bits per heavy atom. The molecule has 6 nitrogen and oxygen atoms in total. The van der Waals surface area contributed by atoms with Gasteiger partial charge in [0, 0.05) is 20.4 Å². The number of halogens is 3. The molecule has 0 saturated heterocycles. The van der Waals surface area contributed by atoms with Crippen molar-refractivity contribution >= 4 is 60.6 Å². The van der Waals surface area contributed by atoms with Gasteiger partial charge in [0.25, 0.3) is 5.56 Å². The third-order valence-electron chi connectivity index (χ3n) is 5.55. The molecule has 0 radical (unpaired) electrons. The summed E-state index contributed by atoms with van der Waals surface area (Å²) in [5.41, 5.74) is 1.06. The van der Waals surface area contributed by atoms with E-state index in [1.54, 1.807) is 18.3 Å². The molecule has 3 aromatic rings. The van der Waals surface area contributed by atoms with E-state index in [0.29, 0.717) is 49.9 Å². The van der Waals surface area contributed by atoms with Crippen molar-refractivity contribution in [3.8, 4) is 11.5 Å². The highest BCUT2D eigenvalue weighted by atomic mass is 79.9. The first kappa shape index (κ1) is 26.7. The van der Waals surface area contributed by atoms with Crippen molar-refractivity contribution in [3.63, 3.8) is 0 Å². The van der Waals surface area contributed by atoms with Crippen LogP contribution in [0.4, 0.5) is 0 Å². The summed E-state index contributed by atoms with van der Waals surface area (Å²) in [5, 5.41) is 5.43. The number of hydrogen-bond donors (Lipinski definition) is 0.